The summed E-state index contributed by atoms with van der Waals surface area (Å²) in [5.74, 6) is 8.39. The molecule has 0 rings (SSSR count). The molecule has 0 spiro atoms. The second-order valence-electron chi connectivity index (χ2n) is 3.81. The monoisotopic (exact) mass is 354 g/mol. The number of esters is 1. The minimum absolute atomic E-state index is 0.00810. The number of hydrogen-bond acceptors (Lipinski definition) is 6. The Balaban J connectivity index is 3.82. The van der Waals surface area contributed by atoms with Crippen LogP contribution in [0, 0.1) is 0 Å². The molecule has 20 heavy (non-hydrogen) atoms. The first-order chi connectivity index (χ1) is 9.74. The predicted molar refractivity (Wildman–Crippen MR) is 101 cm³/mol. The van der Waals surface area contributed by atoms with Crippen LogP contribution in [0.1, 0.15) is 13.8 Å². The molecule has 0 bridgehead atoms. The molecule has 0 saturated heterocycles. The van der Waals surface area contributed by atoms with Gasteiger partial charge >= 0.3 is 5.97 Å². The molecule has 0 amide bonds. The van der Waals surface area contributed by atoms with Gasteiger partial charge in [0.25, 0.3) is 0 Å². The van der Waals surface area contributed by atoms with E-state index in [1.165, 1.54) is 29.1 Å². The van der Waals surface area contributed by atoms with Gasteiger partial charge in [-0.25, -0.2) is 4.79 Å². The molecule has 0 aromatic rings. The van der Waals surface area contributed by atoms with E-state index < -0.39 is 0 Å². The van der Waals surface area contributed by atoms with Crippen LogP contribution in [0.5, 0.6) is 0 Å². The van der Waals surface area contributed by atoms with Gasteiger partial charge in [-0.15, -0.1) is 0 Å². The van der Waals surface area contributed by atoms with Gasteiger partial charge in [0, 0.05) is 40.6 Å². The average molecular weight is 355 g/mol. The van der Waals surface area contributed by atoms with Gasteiger partial charge in [0.1, 0.15) is 6.10 Å². The van der Waals surface area contributed by atoms with Crippen molar-refractivity contribution in [2.24, 2.45) is 0 Å². The van der Waals surface area contributed by atoms with E-state index in [4.69, 9.17) is 4.74 Å². The summed E-state index contributed by atoms with van der Waals surface area (Å²) in [6.45, 7) is 7.81. The van der Waals surface area contributed by atoms with Crippen LogP contribution in [0.4, 0.5) is 0 Å². The smallest absolute Gasteiger partial charge is 0.330 e. The first kappa shape index (κ1) is 20.6. The van der Waals surface area contributed by atoms with Crippen LogP contribution in [0.25, 0.3) is 0 Å². The zero-order valence-electron chi connectivity index (χ0n) is 12.5. The van der Waals surface area contributed by atoms with Crippen molar-refractivity contribution in [2.45, 2.75) is 20.0 Å². The maximum Gasteiger partial charge on any atom is 0.330 e. The van der Waals surface area contributed by atoms with Crippen molar-refractivity contribution in [1.82, 2.24) is 0 Å². The number of hydrogen-bond donors (Lipinski definition) is 0. The Hall–Kier alpha value is 0.610. The molecule has 0 aromatic carbocycles. The van der Waals surface area contributed by atoms with Gasteiger partial charge in [0.2, 0.25) is 0 Å². The summed E-state index contributed by atoms with van der Waals surface area (Å²) in [5, 5.41) is 0. The van der Waals surface area contributed by atoms with Crippen molar-refractivity contribution < 1.29 is 9.53 Å². The van der Waals surface area contributed by atoms with Gasteiger partial charge in [-0.1, -0.05) is 20.4 Å². The minimum Gasteiger partial charge on any atom is -0.457 e. The lowest BCUT2D eigenvalue weighted by Gasteiger charge is -2.16. The van der Waals surface area contributed by atoms with Crippen LogP contribution in [-0.4, -0.2) is 58.1 Å². The summed E-state index contributed by atoms with van der Waals surface area (Å²) in [6, 6.07) is 0. The lowest BCUT2D eigenvalue weighted by Crippen LogP contribution is -2.22. The predicted octanol–water partition coefficient (Wildman–Crippen LogP) is 4.06. The van der Waals surface area contributed by atoms with Crippen LogP contribution in [0.2, 0.25) is 0 Å². The quantitative estimate of drug-likeness (QED) is 0.265. The normalized spacial score (nSPS) is 10.8. The number of rotatable bonds is 14. The van der Waals surface area contributed by atoms with E-state index >= 15 is 0 Å². The Labute approximate surface area is 141 Å². The summed E-state index contributed by atoms with van der Waals surface area (Å²) >= 11 is 7.65. The fourth-order valence-electron chi connectivity index (χ4n) is 1.28. The van der Waals surface area contributed by atoms with E-state index in [-0.39, 0.29) is 12.1 Å². The molecule has 6 heteroatoms. The molecule has 2 nitrogen and oxygen atoms in total. The van der Waals surface area contributed by atoms with Crippen LogP contribution < -0.4 is 0 Å². The third-order valence-electron chi connectivity index (χ3n) is 2.21. The van der Waals surface area contributed by atoms with E-state index in [0.29, 0.717) is 0 Å². The molecule has 0 fully saturated rings. The molecule has 0 aliphatic heterocycles. The minimum atomic E-state index is -0.304. The number of carbonyl (C=O) groups is 1. The SMILES string of the molecule is C=CC(=O)OC(CSCCSCC)CSCCSCC. The number of carbonyl (C=O) groups excluding carboxylic acids is 1. The van der Waals surface area contributed by atoms with Crippen molar-refractivity contribution in [3.63, 3.8) is 0 Å². The van der Waals surface area contributed by atoms with Crippen LogP contribution in [-0.2, 0) is 9.53 Å². The fraction of sp³-hybridized carbons (Fsp3) is 0.786. The Kier molecular flexibility index (Phi) is 16.5. The molecule has 0 aliphatic rings. The number of thioether (sulfide) groups is 4. The maximum atomic E-state index is 11.3. The van der Waals surface area contributed by atoms with E-state index in [1.807, 2.05) is 47.0 Å². The first-order valence-corrected chi connectivity index (χ1v) is 11.5. The van der Waals surface area contributed by atoms with Gasteiger partial charge < -0.3 is 4.74 Å². The van der Waals surface area contributed by atoms with Gasteiger partial charge in [0.05, 0.1) is 0 Å². The molecule has 0 unspecified atom stereocenters. The second kappa shape index (κ2) is 16.0. The Morgan fingerprint density at radius 1 is 1.00 bits per heavy atom. The van der Waals surface area contributed by atoms with Gasteiger partial charge in [-0.05, 0) is 11.5 Å². The first-order valence-electron chi connectivity index (χ1n) is 6.88. The summed E-state index contributed by atoms with van der Waals surface area (Å²) in [6.07, 6.45) is 1.26. The Bertz CT molecular complexity index is 235. The van der Waals surface area contributed by atoms with Crippen LogP contribution in [0.15, 0.2) is 12.7 Å². The largest absolute Gasteiger partial charge is 0.457 e. The van der Waals surface area contributed by atoms with E-state index in [0.717, 1.165) is 23.0 Å². The van der Waals surface area contributed by atoms with Crippen molar-refractivity contribution in [1.29, 1.82) is 0 Å². The van der Waals surface area contributed by atoms with E-state index in [1.54, 1.807) is 0 Å². The molecule has 0 N–H and O–H groups in total. The fourth-order valence-corrected chi connectivity index (χ4v) is 5.13. The highest BCUT2D eigenvalue weighted by Gasteiger charge is 2.13. The van der Waals surface area contributed by atoms with Gasteiger partial charge in [-0.2, -0.15) is 47.0 Å². The highest BCUT2D eigenvalue weighted by molar-refractivity contribution is 8.03. The standard InChI is InChI=1S/C14H26O2S4/c1-4-14(15)16-13(11-19-9-7-17-5-2)12-20-10-8-18-6-3/h4,13H,1,5-12H2,2-3H3. The summed E-state index contributed by atoms with van der Waals surface area (Å²) in [4.78, 5) is 11.3. The third kappa shape index (κ3) is 13.6. The molecule has 0 heterocycles. The van der Waals surface area contributed by atoms with Crippen molar-refractivity contribution in [2.75, 3.05) is 46.0 Å². The highest BCUT2D eigenvalue weighted by atomic mass is 32.2. The number of ether oxygens (including phenoxy) is 1. The zero-order valence-corrected chi connectivity index (χ0v) is 15.7. The van der Waals surface area contributed by atoms with E-state index in [2.05, 4.69) is 20.4 Å². The van der Waals surface area contributed by atoms with Crippen molar-refractivity contribution >= 4 is 53.0 Å². The Morgan fingerprint density at radius 2 is 1.45 bits per heavy atom. The summed E-state index contributed by atoms with van der Waals surface area (Å²) < 4.78 is 5.40. The zero-order chi connectivity index (χ0) is 15.1. The van der Waals surface area contributed by atoms with E-state index in [9.17, 15) is 4.79 Å². The summed E-state index contributed by atoms with van der Waals surface area (Å²) in [7, 11) is 0. The highest BCUT2D eigenvalue weighted by Crippen LogP contribution is 2.15. The Morgan fingerprint density at radius 3 is 1.85 bits per heavy atom. The molecule has 0 aromatic heterocycles. The van der Waals surface area contributed by atoms with Crippen LogP contribution in [0.3, 0.4) is 0 Å². The average Bonchev–Trinajstić information content (AvgIpc) is 2.46. The lowest BCUT2D eigenvalue weighted by molar-refractivity contribution is -0.140. The second-order valence-corrected chi connectivity index (χ2v) is 8.89. The molecule has 0 aliphatic carbocycles. The molecule has 0 saturated carbocycles. The molecule has 118 valence electrons. The molecule has 0 radical (unpaired) electrons. The van der Waals surface area contributed by atoms with Gasteiger partial charge in [0.15, 0.2) is 0 Å². The molecular weight excluding hydrogens is 328 g/mol. The molecule has 0 atom stereocenters. The van der Waals surface area contributed by atoms with Crippen LogP contribution >= 0.6 is 47.0 Å². The molecular formula is C14H26O2S4. The third-order valence-corrected chi connectivity index (χ3v) is 6.73. The maximum absolute atomic E-state index is 11.3. The van der Waals surface area contributed by atoms with Crippen molar-refractivity contribution in [3.8, 4) is 0 Å². The van der Waals surface area contributed by atoms with Gasteiger partial charge in [-0.3, -0.25) is 0 Å². The van der Waals surface area contributed by atoms with Crippen molar-refractivity contribution in [3.05, 3.63) is 12.7 Å². The topological polar surface area (TPSA) is 26.3 Å². The summed E-state index contributed by atoms with van der Waals surface area (Å²) in [5.41, 5.74) is 0. The lowest BCUT2D eigenvalue weighted by atomic mass is 10.4.